The van der Waals surface area contributed by atoms with E-state index < -0.39 is 24.1 Å². The summed E-state index contributed by atoms with van der Waals surface area (Å²) in [6.07, 6.45) is 5.10. The van der Waals surface area contributed by atoms with Crippen LogP contribution in [0.5, 0.6) is 5.75 Å². The van der Waals surface area contributed by atoms with Crippen LogP contribution in [0.15, 0.2) is 18.2 Å². The van der Waals surface area contributed by atoms with Crippen LogP contribution in [0.3, 0.4) is 0 Å². The smallest absolute Gasteiger partial charge is 0.341 e. The van der Waals surface area contributed by atoms with Crippen molar-refractivity contribution >= 4 is 5.97 Å². The first-order valence-electron chi connectivity index (χ1n) is 4.68. The fourth-order valence-corrected chi connectivity index (χ4v) is 1.23. The molecule has 0 aliphatic heterocycles. The van der Waals surface area contributed by atoms with E-state index in [-0.39, 0.29) is 11.3 Å². The van der Waals surface area contributed by atoms with Gasteiger partial charge in [0.15, 0.2) is 6.61 Å². The second kappa shape index (κ2) is 4.83. The van der Waals surface area contributed by atoms with Gasteiger partial charge in [-0.3, -0.25) is 0 Å². The van der Waals surface area contributed by atoms with Crippen molar-refractivity contribution in [2.75, 3.05) is 6.61 Å². The maximum atomic E-state index is 13.3. The standard InChI is InChI=1S/C12H10F2O3/c1-3-8-4-5-10(17-7-11(15)16)9(6-8)12(2,13)14/h1,4-6H,7H2,2H3,(H,15,16). The molecule has 3 nitrogen and oxygen atoms in total. The van der Waals surface area contributed by atoms with E-state index in [0.29, 0.717) is 6.92 Å². The monoisotopic (exact) mass is 240 g/mol. The zero-order valence-electron chi connectivity index (χ0n) is 9.04. The first kappa shape index (κ1) is 13.0. The van der Waals surface area contributed by atoms with Gasteiger partial charge in [0, 0.05) is 12.5 Å². The highest BCUT2D eigenvalue weighted by atomic mass is 19.3. The van der Waals surface area contributed by atoms with Crippen molar-refractivity contribution in [1.29, 1.82) is 0 Å². The van der Waals surface area contributed by atoms with Gasteiger partial charge in [-0.2, -0.15) is 0 Å². The molecule has 1 aromatic carbocycles. The van der Waals surface area contributed by atoms with Crippen molar-refractivity contribution in [3.05, 3.63) is 29.3 Å². The third-order valence-electron chi connectivity index (χ3n) is 1.97. The van der Waals surface area contributed by atoms with Crippen LogP contribution in [0.4, 0.5) is 8.78 Å². The average molecular weight is 240 g/mol. The molecule has 0 aliphatic rings. The highest BCUT2D eigenvalue weighted by molar-refractivity contribution is 5.68. The Kier molecular flexibility index (Phi) is 3.69. The number of hydrogen-bond acceptors (Lipinski definition) is 2. The van der Waals surface area contributed by atoms with Crippen LogP contribution < -0.4 is 4.74 Å². The lowest BCUT2D eigenvalue weighted by atomic mass is 10.1. The van der Waals surface area contributed by atoms with E-state index in [1.165, 1.54) is 12.1 Å². The summed E-state index contributed by atoms with van der Waals surface area (Å²) in [7, 11) is 0. The maximum absolute atomic E-state index is 13.3. The lowest BCUT2D eigenvalue weighted by Gasteiger charge is -2.16. The molecule has 0 heterocycles. The Morgan fingerprint density at radius 1 is 1.59 bits per heavy atom. The first-order valence-corrected chi connectivity index (χ1v) is 4.68. The largest absolute Gasteiger partial charge is 0.481 e. The molecule has 0 spiro atoms. The fraction of sp³-hybridized carbons (Fsp3) is 0.250. The van der Waals surface area contributed by atoms with Crippen LogP contribution in [0.2, 0.25) is 0 Å². The lowest BCUT2D eigenvalue weighted by Crippen LogP contribution is -2.14. The van der Waals surface area contributed by atoms with Gasteiger partial charge in [0.1, 0.15) is 5.75 Å². The number of ether oxygens (including phenoxy) is 1. The van der Waals surface area contributed by atoms with E-state index in [2.05, 4.69) is 5.92 Å². The molecule has 0 atom stereocenters. The number of carboxylic acids is 1. The van der Waals surface area contributed by atoms with E-state index >= 15 is 0 Å². The molecule has 0 saturated heterocycles. The SMILES string of the molecule is C#Cc1ccc(OCC(=O)O)c(C(C)(F)F)c1. The molecule has 0 amide bonds. The molecule has 5 heteroatoms. The predicted octanol–water partition coefficient (Wildman–Crippen LogP) is 2.24. The van der Waals surface area contributed by atoms with E-state index in [9.17, 15) is 13.6 Å². The topological polar surface area (TPSA) is 46.5 Å². The molecule has 0 fully saturated rings. The number of benzene rings is 1. The van der Waals surface area contributed by atoms with Crippen LogP contribution >= 0.6 is 0 Å². The van der Waals surface area contributed by atoms with Crippen LogP contribution in [0.1, 0.15) is 18.1 Å². The van der Waals surface area contributed by atoms with E-state index in [1.807, 2.05) is 0 Å². The third-order valence-corrected chi connectivity index (χ3v) is 1.97. The molecular formula is C12H10F2O3. The second-order valence-corrected chi connectivity index (χ2v) is 3.43. The van der Waals surface area contributed by atoms with Crippen LogP contribution in [0.25, 0.3) is 0 Å². The summed E-state index contributed by atoms with van der Waals surface area (Å²) >= 11 is 0. The fourth-order valence-electron chi connectivity index (χ4n) is 1.23. The molecule has 0 unspecified atom stereocenters. The second-order valence-electron chi connectivity index (χ2n) is 3.43. The number of halogens is 2. The van der Waals surface area contributed by atoms with Crippen molar-refractivity contribution in [3.8, 4) is 18.1 Å². The van der Waals surface area contributed by atoms with Gasteiger partial charge in [0.05, 0.1) is 5.56 Å². The molecule has 0 aromatic heterocycles. The molecular weight excluding hydrogens is 230 g/mol. The summed E-state index contributed by atoms with van der Waals surface area (Å²) in [6.45, 7) is 0.00867. The molecule has 0 radical (unpaired) electrons. The number of carboxylic acid groups (broad SMARTS) is 1. The Hall–Kier alpha value is -2.09. The van der Waals surface area contributed by atoms with Gasteiger partial charge >= 0.3 is 5.97 Å². The van der Waals surface area contributed by atoms with Crippen molar-refractivity contribution in [3.63, 3.8) is 0 Å². The maximum Gasteiger partial charge on any atom is 0.341 e. The van der Waals surface area contributed by atoms with E-state index in [1.54, 1.807) is 0 Å². The molecule has 90 valence electrons. The Bertz CT molecular complexity index is 470. The van der Waals surface area contributed by atoms with E-state index in [0.717, 1.165) is 6.07 Å². The Balaban J connectivity index is 3.12. The zero-order chi connectivity index (χ0) is 13.1. The highest BCUT2D eigenvalue weighted by Gasteiger charge is 2.29. The number of carbonyl (C=O) groups is 1. The Morgan fingerprint density at radius 2 is 2.24 bits per heavy atom. The minimum atomic E-state index is -3.15. The summed E-state index contributed by atoms with van der Waals surface area (Å²) in [4.78, 5) is 10.3. The van der Waals surface area contributed by atoms with Crippen LogP contribution in [0, 0.1) is 12.3 Å². The summed E-state index contributed by atoms with van der Waals surface area (Å²) < 4.78 is 31.3. The highest BCUT2D eigenvalue weighted by Crippen LogP contribution is 2.35. The number of terminal acetylenes is 1. The van der Waals surface area contributed by atoms with E-state index in [4.69, 9.17) is 16.3 Å². The first-order chi connectivity index (χ1) is 7.84. The van der Waals surface area contributed by atoms with Crippen LogP contribution in [-0.2, 0) is 10.7 Å². The summed E-state index contributed by atoms with van der Waals surface area (Å²) in [5.74, 6) is -2.35. The summed E-state index contributed by atoms with van der Waals surface area (Å²) in [6, 6.07) is 3.76. The Labute approximate surface area is 97.0 Å². The van der Waals surface area contributed by atoms with Crippen LogP contribution in [-0.4, -0.2) is 17.7 Å². The van der Waals surface area contributed by atoms with Crippen molar-refractivity contribution < 1.29 is 23.4 Å². The summed E-state index contributed by atoms with van der Waals surface area (Å²) in [5, 5.41) is 8.42. The molecule has 1 aromatic rings. The summed E-state index contributed by atoms with van der Waals surface area (Å²) in [5.41, 5.74) is -0.140. The quantitative estimate of drug-likeness (QED) is 0.821. The molecule has 17 heavy (non-hydrogen) atoms. The van der Waals surface area contributed by atoms with Crippen molar-refractivity contribution in [2.24, 2.45) is 0 Å². The Morgan fingerprint density at radius 3 is 2.71 bits per heavy atom. The van der Waals surface area contributed by atoms with Gasteiger partial charge in [-0.1, -0.05) is 5.92 Å². The minimum absolute atomic E-state index is 0.182. The van der Waals surface area contributed by atoms with Crippen molar-refractivity contribution in [2.45, 2.75) is 12.8 Å². The molecule has 1 N–H and O–H groups in total. The van der Waals surface area contributed by atoms with Gasteiger partial charge in [-0.05, 0) is 18.2 Å². The van der Waals surface area contributed by atoms with Gasteiger partial charge in [-0.15, -0.1) is 6.42 Å². The van der Waals surface area contributed by atoms with Gasteiger partial charge in [0.25, 0.3) is 5.92 Å². The normalized spacial score (nSPS) is 10.7. The number of aliphatic carboxylic acids is 1. The van der Waals surface area contributed by atoms with Gasteiger partial charge in [-0.25, -0.2) is 13.6 Å². The number of alkyl halides is 2. The van der Waals surface area contributed by atoms with Gasteiger partial charge < -0.3 is 9.84 Å². The lowest BCUT2D eigenvalue weighted by molar-refractivity contribution is -0.139. The zero-order valence-corrected chi connectivity index (χ0v) is 9.04. The molecule has 0 saturated carbocycles. The average Bonchev–Trinajstić information content (AvgIpc) is 2.24. The number of rotatable bonds is 4. The molecule has 1 rings (SSSR count). The minimum Gasteiger partial charge on any atom is -0.481 e. The predicted molar refractivity (Wildman–Crippen MR) is 57.1 cm³/mol. The number of hydrogen-bond donors (Lipinski definition) is 1. The molecule has 0 aliphatic carbocycles. The third kappa shape index (κ3) is 3.45. The molecule has 0 bridgehead atoms. The van der Waals surface area contributed by atoms with Gasteiger partial charge in [0.2, 0.25) is 0 Å². The van der Waals surface area contributed by atoms with Crippen molar-refractivity contribution in [1.82, 2.24) is 0 Å².